The molecule has 0 saturated carbocycles. The van der Waals surface area contributed by atoms with Gasteiger partial charge in [0.15, 0.2) is 5.65 Å². The lowest BCUT2D eigenvalue weighted by molar-refractivity contribution is 1.22. The first-order chi connectivity index (χ1) is 8.24. The van der Waals surface area contributed by atoms with Crippen molar-refractivity contribution in [3.8, 4) is 11.4 Å². The van der Waals surface area contributed by atoms with Gasteiger partial charge in [0.05, 0.1) is 5.52 Å². The van der Waals surface area contributed by atoms with Crippen molar-refractivity contribution in [2.45, 2.75) is 6.92 Å². The van der Waals surface area contributed by atoms with Gasteiger partial charge in [-0.25, -0.2) is 9.97 Å². The summed E-state index contributed by atoms with van der Waals surface area (Å²) in [6, 6.07) is 5.23. The van der Waals surface area contributed by atoms with E-state index in [-0.39, 0.29) is 5.56 Å². The average molecular weight is 226 g/mol. The van der Waals surface area contributed by atoms with Crippen LogP contribution < -0.4 is 5.56 Å². The van der Waals surface area contributed by atoms with Gasteiger partial charge in [-0.05, 0) is 24.6 Å². The Morgan fingerprint density at radius 2 is 2.18 bits per heavy atom. The van der Waals surface area contributed by atoms with E-state index in [2.05, 4.69) is 19.9 Å². The Kier molecular flexibility index (Phi) is 2.04. The summed E-state index contributed by atoms with van der Waals surface area (Å²) in [5.74, 6) is 0.660. The maximum Gasteiger partial charge on any atom is 0.248 e. The molecule has 3 heterocycles. The minimum absolute atomic E-state index is 0.146. The predicted molar refractivity (Wildman–Crippen MR) is 64.7 cm³/mol. The van der Waals surface area contributed by atoms with E-state index in [4.69, 9.17) is 0 Å². The van der Waals surface area contributed by atoms with Gasteiger partial charge in [-0.1, -0.05) is 0 Å². The van der Waals surface area contributed by atoms with Crippen molar-refractivity contribution >= 4 is 11.2 Å². The highest BCUT2D eigenvalue weighted by atomic mass is 16.1. The smallest absolute Gasteiger partial charge is 0.248 e. The van der Waals surface area contributed by atoms with Gasteiger partial charge in [0, 0.05) is 24.0 Å². The number of imidazole rings is 1. The summed E-state index contributed by atoms with van der Waals surface area (Å²) < 4.78 is 0. The molecule has 0 atom stereocenters. The Balaban J connectivity index is 2.25. The lowest BCUT2D eigenvalue weighted by Gasteiger charge is -1.93. The third-order valence-electron chi connectivity index (χ3n) is 2.65. The van der Waals surface area contributed by atoms with Gasteiger partial charge in [0.2, 0.25) is 5.56 Å². The topological polar surface area (TPSA) is 74.4 Å². The first kappa shape index (κ1) is 9.77. The van der Waals surface area contributed by atoms with Gasteiger partial charge in [-0.2, -0.15) is 0 Å². The number of aryl methyl sites for hydroxylation is 1. The Morgan fingerprint density at radius 3 is 2.94 bits per heavy atom. The van der Waals surface area contributed by atoms with Crippen LogP contribution in [0.25, 0.3) is 22.6 Å². The van der Waals surface area contributed by atoms with Crippen LogP contribution in [-0.4, -0.2) is 19.9 Å². The fourth-order valence-electron chi connectivity index (χ4n) is 1.76. The lowest BCUT2D eigenvalue weighted by atomic mass is 10.2. The van der Waals surface area contributed by atoms with Crippen LogP contribution in [0.15, 0.2) is 35.4 Å². The Morgan fingerprint density at radius 1 is 1.29 bits per heavy atom. The number of fused-ring (bicyclic) bond motifs is 1. The molecule has 0 aliphatic rings. The number of rotatable bonds is 1. The molecule has 2 N–H and O–H groups in total. The molecule has 0 radical (unpaired) electrons. The molecule has 0 bridgehead atoms. The second kappa shape index (κ2) is 3.55. The molecule has 0 spiro atoms. The number of nitrogens with one attached hydrogen (secondary N) is 2. The molecule has 0 amide bonds. The highest BCUT2D eigenvalue weighted by Gasteiger charge is 2.07. The van der Waals surface area contributed by atoms with Crippen molar-refractivity contribution in [3.63, 3.8) is 0 Å². The molecule has 3 rings (SSSR count). The fourth-order valence-corrected chi connectivity index (χ4v) is 1.76. The first-order valence-corrected chi connectivity index (χ1v) is 5.24. The van der Waals surface area contributed by atoms with Crippen LogP contribution in [0.1, 0.15) is 5.56 Å². The standard InChI is InChI=1S/C12H10N4O/c1-7-2-4-14-12-10(7)15-11(16-12)8-3-5-13-9(17)6-8/h2-6H,1H3,(H,13,17)(H,14,15,16). The molecule has 0 unspecified atom stereocenters. The molecule has 3 aromatic rings. The Bertz CT molecular complexity index is 741. The SMILES string of the molecule is Cc1ccnc2nc(-c3cc[nH]c(=O)c3)[nH]c12. The number of hydrogen-bond acceptors (Lipinski definition) is 3. The molecule has 0 aromatic carbocycles. The minimum atomic E-state index is -0.146. The van der Waals surface area contributed by atoms with E-state index in [0.29, 0.717) is 11.5 Å². The molecule has 0 aliphatic heterocycles. The number of nitrogens with zero attached hydrogens (tertiary/aromatic N) is 2. The van der Waals surface area contributed by atoms with Crippen LogP contribution in [0.5, 0.6) is 0 Å². The molecule has 5 nitrogen and oxygen atoms in total. The summed E-state index contributed by atoms with van der Waals surface area (Å²) in [4.78, 5) is 25.5. The summed E-state index contributed by atoms with van der Waals surface area (Å²) in [6.45, 7) is 1.99. The van der Waals surface area contributed by atoms with Crippen LogP contribution >= 0.6 is 0 Å². The number of aromatic amines is 2. The van der Waals surface area contributed by atoms with Crippen molar-refractivity contribution in [2.24, 2.45) is 0 Å². The number of hydrogen-bond donors (Lipinski definition) is 2. The Labute approximate surface area is 96.6 Å². The highest BCUT2D eigenvalue weighted by Crippen LogP contribution is 2.19. The zero-order valence-corrected chi connectivity index (χ0v) is 9.19. The predicted octanol–water partition coefficient (Wildman–Crippen LogP) is 1.62. The maximum atomic E-state index is 11.2. The van der Waals surface area contributed by atoms with E-state index in [0.717, 1.165) is 16.6 Å². The monoisotopic (exact) mass is 226 g/mol. The van der Waals surface area contributed by atoms with Crippen molar-refractivity contribution in [1.29, 1.82) is 0 Å². The third kappa shape index (κ3) is 1.61. The molecule has 0 fully saturated rings. The van der Waals surface area contributed by atoms with Gasteiger partial charge >= 0.3 is 0 Å². The van der Waals surface area contributed by atoms with Gasteiger partial charge in [-0.15, -0.1) is 0 Å². The lowest BCUT2D eigenvalue weighted by Crippen LogP contribution is -2.02. The van der Waals surface area contributed by atoms with E-state index in [1.54, 1.807) is 18.5 Å². The number of aromatic nitrogens is 4. The zero-order chi connectivity index (χ0) is 11.8. The minimum Gasteiger partial charge on any atom is -0.336 e. The van der Waals surface area contributed by atoms with Crippen LogP contribution in [0.3, 0.4) is 0 Å². The van der Waals surface area contributed by atoms with Crippen molar-refractivity contribution in [2.75, 3.05) is 0 Å². The molecule has 3 aromatic heterocycles. The van der Waals surface area contributed by atoms with Gasteiger partial charge in [-0.3, -0.25) is 4.79 Å². The van der Waals surface area contributed by atoms with E-state index in [9.17, 15) is 4.79 Å². The van der Waals surface area contributed by atoms with Gasteiger partial charge in [0.25, 0.3) is 0 Å². The van der Waals surface area contributed by atoms with E-state index < -0.39 is 0 Å². The molecule has 84 valence electrons. The maximum absolute atomic E-state index is 11.2. The van der Waals surface area contributed by atoms with Crippen molar-refractivity contribution < 1.29 is 0 Å². The summed E-state index contributed by atoms with van der Waals surface area (Å²) in [5.41, 5.74) is 3.26. The summed E-state index contributed by atoms with van der Waals surface area (Å²) in [7, 11) is 0. The molecule has 5 heteroatoms. The van der Waals surface area contributed by atoms with Crippen LogP contribution in [0.4, 0.5) is 0 Å². The normalized spacial score (nSPS) is 10.9. The molecular formula is C12H10N4O. The molecule has 17 heavy (non-hydrogen) atoms. The summed E-state index contributed by atoms with van der Waals surface area (Å²) >= 11 is 0. The number of H-pyrrole nitrogens is 2. The summed E-state index contributed by atoms with van der Waals surface area (Å²) in [5, 5.41) is 0. The van der Waals surface area contributed by atoms with Gasteiger partial charge in [0.1, 0.15) is 5.82 Å². The Hall–Kier alpha value is -2.43. The van der Waals surface area contributed by atoms with Gasteiger partial charge < -0.3 is 9.97 Å². The second-order valence-corrected chi connectivity index (χ2v) is 3.85. The van der Waals surface area contributed by atoms with E-state index >= 15 is 0 Å². The molecular weight excluding hydrogens is 216 g/mol. The third-order valence-corrected chi connectivity index (χ3v) is 2.65. The molecule has 0 saturated heterocycles. The summed E-state index contributed by atoms with van der Waals surface area (Å²) in [6.07, 6.45) is 3.32. The van der Waals surface area contributed by atoms with E-state index in [1.165, 1.54) is 6.07 Å². The van der Waals surface area contributed by atoms with Crippen LogP contribution in [0, 0.1) is 6.92 Å². The van der Waals surface area contributed by atoms with E-state index in [1.807, 2.05) is 13.0 Å². The fraction of sp³-hybridized carbons (Fsp3) is 0.0833. The quantitative estimate of drug-likeness (QED) is 0.662. The first-order valence-electron chi connectivity index (χ1n) is 5.24. The number of pyridine rings is 2. The van der Waals surface area contributed by atoms with Crippen molar-refractivity contribution in [1.82, 2.24) is 19.9 Å². The van der Waals surface area contributed by atoms with Crippen molar-refractivity contribution in [3.05, 3.63) is 46.5 Å². The second-order valence-electron chi connectivity index (χ2n) is 3.85. The van der Waals surface area contributed by atoms with Crippen LogP contribution in [0.2, 0.25) is 0 Å². The molecule has 0 aliphatic carbocycles. The largest absolute Gasteiger partial charge is 0.336 e. The average Bonchev–Trinajstić information content (AvgIpc) is 2.74. The van der Waals surface area contributed by atoms with Crippen LogP contribution in [-0.2, 0) is 0 Å². The zero-order valence-electron chi connectivity index (χ0n) is 9.19. The highest BCUT2D eigenvalue weighted by molar-refractivity contribution is 5.78.